The Morgan fingerprint density at radius 1 is 1.70 bits per heavy atom. The predicted octanol–water partition coefficient (Wildman–Crippen LogP) is 0.283. The van der Waals surface area contributed by atoms with Crippen LogP contribution in [0.4, 0.5) is 0 Å². The summed E-state index contributed by atoms with van der Waals surface area (Å²) in [5.41, 5.74) is 0. The maximum atomic E-state index is 10.5. The van der Waals surface area contributed by atoms with Gasteiger partial charge in [-0.25, -0.2) is 0 Å². The second kappa shape index (κ2) is 6.12. The number of hydrogen-bond acceptors (Lipinski definition) is 3. The fourth-order valence-electron chi connectivity index (χ4n) is 0.382. The van der Waals surface area contributed by atoms with Crippen molar-refractivity contribution in [2.75, 3.05) is 6.61 Å². The van der Waals surface area contributed by atoms with E-state index in [9.17, 15) is 4.79 Å². The molecule has 56 valence electrons. The van der Waals surface area contributed by atoms with Crippen LogP contribution in [0.1, 0.15) is 19.8 Å². The van der Waals surface area contributed by atoms with Crippen LogP contribution in [0.5, 0.6) is 0 Å². The fourth-order valence-corrected chi connectivity index (χ4v) is 0.382. The molecule has 0 amide bonds. The van der Waals surface area contributed by atoms with Crippen molar-refractivity contribution in [1.29, 1.82) is 0 Å². The Kier molecular flexibility index (Phi) is 5.50. The molecule has 0 spiro atoms. The number of esters is 1. The van der Waals surface area contributed by atoms with Gasteiger partial charge in [0, 0.05) is 20.0 Å². The molecule has 0 radical (unpaired) electrons. The molecular weight excluding hydrogens is 132 g/mol. The molecule has 3 nitrogen and oxygen atoms in total. The molecule has 3 heteroatoms. The van der Waals surface area contributed by atoms with Crippen LogP contribution >= 0.6 is 0 Å². The van der Waals surface area contributed by atoms with E-state index in [0.29, 0.717) is 6.42 Å². The zero-order valence-electron chi connectivity index (χ0n) is 5.89. The Hall–Kier alpha value is -1.01. The third-order valence-corrected chi connectivity index (χ3v) is 0.806. The molecule has 0 heterocycles. The Balaban J connectivity index is 3.31. The van der Waals surface area contributed by atoms with Crippen LogP contribution in [-0.2, 0) is 9.53 Å². The van der Waals surface area contributed by atoms with Gasteiger partial charge in [0.15, 0.2) is 0 Å². The summed E-state index contributed by atoms with van der Waals surface area (Å²) in [5.74, 6) is 2.03. The van der Waals surface area contributed by atoms with Gasteiger partial charge in [-0.05, 0) is 6.42 Å². The minimum Gasteiger partial charge on any atom is -0.396 e. The van der Waals surface area contributed by atoms with E-state index in [2.05, 4.69) is 16.8 Å². The van der Waals surface area contributed by atoms with Crippen LogP contribution in [0.25, 0.3) is 0 Å². The van der Waals surface area contributed by atoms with Crippen LogP contribution in [-0.4, -0.2) is 17.7 Å². The summed E-state index contributed by atoms with van der Waals surface area (Å²) in [6.07, 6.45) is 2.84. The Morgan fingerprint density at radius 2 is 2.40 bits per heavy atom. The smallest absolute Gasteiger partial charge is 0.319 e. The summed E-state index contributed by atoms with van der Waals surface area (Å²) in [4.78, 5) is 10.5. The summed E-state index contributed by atoms with van der Waals surface area (Å²) in [6.45, 7) is 1.59. The number of carbonyl (C=O) groups excluding carboxylic acids is 1. The average molecular weight is 142 g/mol. The molecule has 0 aliphatic rings. The highest BCUT2D eigenvalue weighted by molar-refractivity contribution is 5.70. The second-order valence-electron chi connectivity index (χ2n) is 1.65. The normalized spacial score (nSPS) is 7.80. The van der Waals surface area contributed by atoms with Gasteiger partial charge in [0.2, 0.25) is 0 Å². The molecule has 0 aliphatic carbocycles. The molecule has 0 aliphatic heterocycles. The second-order valence-corrected chi connectivity index (χ2v) is 1.65. The van der Waals surface area contributed by atoms with Gasteiger partial charge in [-0.15, -0.1) is 0 Å². The van der Waals surface area contributed by atoms with E-state index in [-0.39, 0.29) is 19.0 Å². The van der Waals surface area contributed by atoms with Gasteiger partial charge < -0.3 is 9.84 Å². The molecule has 10 heavy (non-hydrogen) atoms. The highest BCUT2D eigenvalue weighted by atomic mass is 16.5. The minimum atomic E-state index is -0.386. The number of aliphatic hydroxyl groups is 1. The molecule has 0 fully saturated rings. The topological polar surface area (TPSA) is 46.5 Å². The molecule has 0 unspecified atom stereocenters. The molecule has 0 aromatic heterocycles. The summed E-state index contributed by atoms with van der Waals surface area (Å²) < 4.78 is 4.38. The SMILES string of the molecule is CC#COC(=O)CCCO. The van der Waals surface area contributed by atoms with Crippen molar-refractivity contribution in [3.63, 3.8) is 0 Å². The standard InChI is InChI=1S/C7H10O3/c1-2-6-10-7(9)4-3-5-8/h8H,3-5H2,1H3. The highest BCUT2D eigenvalue weighted by Gasteiger charge is 1.98. The van der Waals surface area contributed by atoms with Crippen molar-refractivity contribution in [2.24, 2.45) is 0 Å². The third kappa shape index (κ3) is 5.13. The van der Waals surface area contributed by atoms with Gasteiger partial charge in [0.05, 0.1) is 0 Å². The van der Waals surface area contributed by atoms with Crippen LogP contribution in [0, 0.1) is 12.0 Å². The van der Waals surface area contributed by atoms with Crippen molar-refractivity contribution in [2.45, 2.75) is 19.8 Å². The van der Waals surface area contributed by atoms with E-state index < -0.39 is 0 Å². The number of hydrogen-bond donors (Lipinski definition) is 1. The molecule has 0 rings (SSSR count). The molecule has 0 saturated carbocycles. The van der Waals surface area contributed by atoms with E-state index >= 15 is 0 Å². The Bertz CT molecular complexity index is 152. The third-order valence-electron chi connectivity index (χ3n) is 0.806. The quantitative estimate of drug-likeness (QED) is 0.455. The van der Waals surface area contributed by atoms with Crippen LogP contribution in [0.3, 0.4) is 0 Å². The highest BCUT2D eigenvalue weighted by Crippen LogP contribution is 1.89. The number of carbonyl (C=O) groups is 1. The van der Waals surface area contributed by atoms with Crippen molar-refractivity contribution < 1.29 is 14.6 Å². The maximum Gasteiger partial charge on any atom is 0.319 e. The fraction of sp³-hybridized carbons (Fsp3) is 0.571. The Morgan fingerprint density at radius 3 is 2.90 bits per heavy atom. The van der Waals surface area contributed by atoms with Crippen molar-refractivity contribution in [3.05, 3.63) is 0 Å². The Labute approximate surface area is 60.0 Å². The molecular formula is C7H10O3. The summed E-state index contributed by atoms with van der Waals surface area (Å²) in [5, 5.41) is 8.30. The van der Waals surface area contributed by atoms with Gasteiger partial charge >= 0.3 is 5.97 Å². The largest absolute Gasteiger partial charge is 0.396 e. The number of rotatable bonds is 3. The van der Waals surface area contributed by atoms with Crippen LogP contribution in [0.2, 0.25) is 0 Å². The van der Waals surface area contributed by atoms with Crippen LogP contribution < -0.4 is 0 Å². The van der Waals surface area contributed by atoms with Gasteiger partial charge in [0.1, 0.15) is 6.11 Å². The van der Waals surface area contributed by atoms with Gasteiger partial charge in [0.25, 0.3) is 0 Å². The average Bonchev–Trinajstić information content (AvgIpc) is 1.97. The lowest BCUT2D eigenvalue weighted by Crippen LogP contribution is -2.00. The monoisotopic (exact) mass is 142 g/mol. The predicted molar refractivity (Wildman–Crippen MR) is 35.9 cm³/mol. The lowest BCUT2D eigenvalue weighted by atomic mass is 10.3. The first kappa shape index (κ1) is 8.99. The first-order valence-electron chi connectivity index (χ1n) is 3.03. The first-order chi connectivity index (χ1) is 4.81. The lowest BCUT2D eigenvalue weighted by molar-refractivity contribution is -0.137. The van der Waals surface area contributed by atoms with Crippen molar-refractivity contribution >= 4 is 5.97 Å². The summed E-state index contributed by atoms with van der Waals surface area (Å²) in [7, 11) is 0. The lowest BCUT2D eigenvalue weighted by Gasteiger charge is -1.92. The van der Waals surface area contributed by atoms with Crippen molar-refractivity contribution in [1.82, 2.24) is 0 Å². The number of ether oxygens (including phenoxy) is 1. The molecule has 0 bridgehead atoms. The van der Waals surface area contributed by atoms with Gasteiger partial charge in [-0.1, -0.05) is 5.92 Å². The molecule has 1 N–H and O–H groups in total. The minimum absolute atomic E-state index is 0.00858. The zero-order valence-corrected chi connectivity index (χ0v) is 5.89. The summed E-state index contributed by atoms with van der Waals surface area (Å²) in [6, 6.07) is 0. The summed E-state index contributed by atoms with van der Waals surface area (Å²) >= 11 is 0. The first-order valence-corrected chi connectivity index (χ1v) is 3.03. The molecule has 0 aromatic carbocycles. The molecule has 0 saturated heterocycles. The van der Waals surface area contributed by atoms with Gasteiger partial charge in [-0.2, -0.15) is 0 Å². The van der Waals surface area contributed by atoms with E-state index in [4.69, 9.17) is 5.11 Å². The number of aliphatic hydroxyl groups excluding tert-OH is 1. The molecule has 0 atom stereocenters. The molecule has 0 aromatic rings. The van der Waals surface area contributed by atoms with E-state index in [1.54, 1.807) is 6.92 Å². The zero-order chi connectivity index (χ0) is 7.82. The van der Waals surface area contributed by atoms with Gasteiger partial charge in [-0.3, -0.25) is 4.79 Å². The van der Waals surface area contributed by atoms with E-state index in [1.807, 2.05) is 0 Å². The van der Waals surface area contributed by atoms with E-state index in [1.165, 1.54) is 0 Å². The van der Waals surface area contributed by atoms with Crippen molar-refractivity contribution in [3.8, 4) is 12.0 Å². The van der Waals surface area contributed by atoms with Crippen LogP contribution in [0.15, 0.2) is 0 Å². The maximum absolute atomic E-state index is 10.5. The van der Waals surface area contributed by atoms with E-state index in [0.717, 1.165) is 0 Å².